The molecule has 4 N–H and O–H groups in total. The normalized spacial score (nSPS) is 23.9. The largest absolute Gasteiger partial charge is 0.338 e. The van der Waals surface area contributed by atoms with Crippen molar-refractivity contribution >= 4 is 11.9 Å². The van der Waals surface area contributed by atoms with Crippen LogP contribution in [0.15, 0.2) is 0 Å². The van der Waals surface area contributed by atoms with Crippen molar-refractivity contribution in [3.05, 3.63) is 0 Å². The Hall–Kier alpha value is -1.14. The maximum Gasteiger partial charge on any atom is 0.321 e. The first kappa shape index (κ1) is 15.9. The van der Waals surface area contributed by atoms with Gasteiger partial charge in [0.05, 0.1) is 6.54 Å². The Bertz CT molecular complexity index is 309. The molecule has 3 amide bonds. The van der Waals surface area contributed by atoms with E-state index in [0.717, 1.165) is 25.8 Å². The van der Waals surface area contributed by atoms with Gasteiger partial charge in [0.2, 0.25) is 5.91 Å². The van der Waals surface area contributed by atoms with E-state index in [0.29, 0.717) is 19.0 Å². The van der Waals surface area contributed by atoms with Crippen molar-refractivity contribution in [3.8, 4) is 0 Å². The predicted octanol–water partition coefficient (Wildman–Crippen LogP) is 0.281. The number of likely N-dealkylation sites (tertiary alicyclic amines) is 1. The van der Waals surface area contributed by atoms with Crippen LogP contribution in [0.4, 0.5) is 4.79 Å². The summed E-state index contributed by atoms with van der Waals surface area (Å²) in [6.45, 7) is 6.36. The van der Waals surface area contributed by atoms with Gasteiger partial charge in [-0.25, -0.2) is 4.79 Å². The Kier molecular flexibility index (Phi) is 6.80. The van der Waals surface area contributed by atoms with Gasteiger partial charge < -0.3 is 11.1 Å². The molecular formula is C13H26N4O2. The summed E-state index contributed by atoms with van der Waals surface area (Å²) < 4.78 is 0. The molecule has 1 rings (SSSR count). The molecule has 2 unspecified atom stereocenters. The van der Waals surface area contributed by atoms with E-state index in [2.05, 4.69) is 22.5 Å². The minimum atomic E-state index is -0.416. The number of urea groups is 1. The maximum absolute atomic E-state index is 11.8. The zero-order valence-corrected chi connectivity index (χ0v) is 11.9. The van der Waals surface area contributed by atoms with Gasteiger partial charge in [-0.2, -0.15) is 0 Å². The number of nitrogens with two attached hydrogens (primary N) is 1. The molecule has 1 heterocycles. The zero-order chi connectivity index (χ0) is 14.3. The van der Waals surface area contributed by atoms with E-state index in [9.17, 15) is 9.59 Å². The maximum atomic E-state index is 11.8. The van der Waals surface area contributed by atoms with E-state index >= 15 is 0 Å². The van der Waals surface area contributed by atoms with E-state index in [1.165, 1.54) is 0 Å². The first-order chi connectivity index (χ1) is 9.08. The van der Waals surface area contributed by atoms with Crippen molar-refractivity contribution in [1.82, 2.24) is 15.5 Å². The van der Waals surface area contributed by atoms with Crippen molar-refractivity contribution in [3.63, 3.8) is 0 Å². The number of piperidine rings is 1. The van der Waals surface area contributed by atoms with Crippen molar-refractivity contribution in [2.24, 2.45) is 11.7 Å². The minimum absolute atomic E-state index is 0.234. The van der Waals surface area contributed by atoms with Crippen molar-refractivity contribution in [1.29, 1.82) is 0 Å². The fourth-order valence-corrected chi connectivity index (χ4v) is 2.55. The molecule has 0 aromatic carbocycles. The molecule has 1 saturated heterocycles. The molecule has 0 radical (unpaired) electrons. The molecule has 1 aliphatic rings. The van der Waals surface area contributed by atoms with Gasteiger partial charge in [0.25, 0.3) is 0 Å². The summed E-state index contributed by atoms with van der Waals surface area (Å²) in [4.78, 5) is 25.3. The van der Waals surface area contributed by atoms with Crippen LogP contribution < -0.4 is 16.4 Å². The molecule has 0 spiro atoms. The fraction of sp³-hybridized carbons (Fsp3) is 0.846. The second-order valence-corrected chi connectivity index (χ2v) is 5.20. The molecule has 0 aromatic rings. The molecule has 2 atom stereocenters. The second kappa shape index (κ2) is 8.12. The number of hydrogen-bond donors (Lipinski definition) is 3. The Morgan fingerprint density at radius 1 is 1.42 bits per heavy atom. The number of carbonyl (C=O) groups excluding carboxylic acids is 2. The smallest absolute Gasteiger partial charge is 0.321 e. The van der Waals surface area contributed by atoms with E-state index in [1.54, 1.807) is 0 Å². The Morgan fingerprint density at radius 3 is 2.79 bits per heavy atom. The average molecular weight is 270 g/mol. The first-order valence-electron chi connectivity index (χ1n) is 7.10. The fourth-order valence-electron chi connectivity index (χ4n) is 2.55. The van der Waals surface area contributed by atoms with Gasteiger partial charge in [0.15, 0.2) is 0 Å². The molecule has 6 nitrogen and oxygen atoms in total. The van der Waals surface area contributed by atoms with Crippen LogP contribution in [0.1, 0.15) is 33.1 Å². The monoisotopic (exact) mass is 270 g/mol. The number of nitrogens with one attached hydrogen (secondary N) is 2. The summed E-state index contributed by atoms with van der Waals surface area (Å²) in [6.07, 6.45) is 3.07. The zero-order valence-electron chi connectivity index (χ0n) is 11.9. The van der Waals surface area contributed by atoms with Crippen LogP contribution in [-0.2, 0) is 4.79 Å². The van der Waals surface area contributed by atoms with Crippen LogP contribution in [0.25, 0.3) is 0 Å². The molecular weight excluding hydrogens is 244 g/mol. The summed E-state index contributed by atoms with van der Waals surface area (Å²) in [6, 6.07) is -0.181. The summed E-state index contributed by atoms with van der Waals surface area (Å²) in [5, 5.41) is 4.97. The van der Waals surface area contributed by atoms with Crippen LogP contribution in [0.3, 0.4) is 0 Å². The van der Waals surface area contributed by atoms with Crippen LogP contribution >= 0.6 is 0 Å². The number of amides is 3. The van der Waals surface area contributed by atoms with Gasteiger partial charge in [-0.3, -0.25) is 15.0 Å². The van der Waals surface area contributed by atoms with E-state index in [-0.39, 0.29) is 18.5 Å². The van der Waals surface area contributed by atoms with Gasteiger partial charge in [-0.15, -0.1) is 0 Å². The van der Waals surface area contributed by atoms with E-state index in [1.807, 2.05) is 6.92 Å². The summed E-state index contributed by atoms with van der Waals surface area (Å²) >= 11 is 0. The summed E-state index contributed by atoms with van der Waals surface area (Å²) in [7, 11) is 0. The van der Waals surface area contributed by atoms with E-state index < -0.39 is 6.03 Å². The lowest BCUT2D eigenvalue weighted by atomic mass is 9.91. The molecule has 0 saturated carbocycles. The van der Waals surface area contributed by atoms with Gasteiger partial charge >= 0.3 is 6.03 Å². The van der Waals surface area contributed by atoms with Gasteiger partial charge in [0.1, 0.15) is 0 Å². The van der Waals surface area contributed by atoms with Gasteiger partial charge in [-0.05, 0) is 31.7 Å². The third-order valence-corrected chi connectivity index (χ3v) is 3.61. The van der Waals surface area contributed by atoms with Crippen LogP contribution in [-0.4, -0.2) is 49.1 Å². The molecule has 19 heavy (non-hydrogen) atoms. The number of imide groups is 1. The molecule has 0 aromatic heterocycles. The lowest BCUT2D eigenvalue weighted by molar-refractivity contribution is -0.122. The highest BCUT2D eigenvalue weighted by Crippen LogP contribution is 2.21. The minimum Gasteiger partial charge on any atom is -0.338 e. The average Bonchev–Trinajstić information content (AvgIpc) is 2.36. The molecule has 0 aliphatic carbocycles. The molecule has 6 heteroatoms. The molecule has 110 valence electrons. The topological polar surface area (TPSA) is 87.5 Å². The predicted molar refractivity (Wildman–Crippen MR) is 74.6 cm³/mol. The lowest BCUT2D eigenvalue weighted by Gasteiger charge is -2.38. The highest BCUT2D eigenvalue weighted by atomic mass is 16.2. The Balaban J connectivity index is 2.40. The molecule has 1 fully saturated rings. The van der Waals surface area contributed by atoms with Crippen LogP contribution in [0, 0.1) is 5.92 Å². The molecule has 0 bridgehead atoms. The number of nitrogens with zero attached hydrogens (tertiary/aromatic N) is 1. The molecule has 1 aliphatic heterocycles. The number of hydrogen-bond acceptors (Lipinski definition) is 4. The Morgan fingerprint density at radius 2 is 2.16 bits per heavy atom. The quantitative estimate of drug-likeness (QED) is 0.669. The lowest BCUT2D eigenvalue weighted by Crippen LogP contribution is -2.53. The third-order valence-electron chi connectivity index (χ3n) is 3.61. The number of rotatable bonds is 5. The van der Waals surface area contributed by atoms with Gasteiger partial charge in [-0.1, -0.05) is 13.8 Å². The van der Waals surface area contributed by atoms with Crippen molar-refractivity contribution in [2.45, 2.75) is 39.2 Å². The Labute approximate surface area is 115 Å². The third kappa shape index (κ3) is 5.16. The SMILES string of the molecule is CCCNC(=O)NC(=O)CN1CCCC(C)C1CN. The van der Waals surface area contributed by atoms with Crippen LogP contribution in [0.2, 0.25) is 0 Å². The second-order valence-electron chi connectivity index (χ2n) is 5.20. The highest BCUT2D eigenvalue weighted by Gasteiger charge is 2.28. The summed E-state index contributed by atoms with van der Waals surface area (Å²) in [5.74, 6) is 0.238. The first-order valence-corrected chi connectivity index (χ1v) is 7.10. The number of carbonyl (C=O) groups is 2. The van der Waals surface area contributed by atoms with Gasteiger partial charge in [0, 0.05) is 19.1 Å². The highest BCUT2D eigenvalue weighted by molar-refractivity contribution is 5.95. The van der Waals surface area contributed by atoms with E-state index in [4.69, 9.17) is 5.73 Å². The van der Waals surface area contributed by atoms with Crippen molar-refractivity contribution < 1.29 is 9.59 Å². The van der Waals surface area contributed by atoms with Crippen LogP contribution in [0.5, 0.6) is 0 Å². The summed E-state index contributed by atoms with van der Waals surface area (Å²) in [5.41, 5.74) is 5.77. The van der Waals surface area contributed by atoms with Crippen molar-refractivity contribution in [2.75, 3.05) is 26.2 Å². The standard InChI is InChI=1S/C13H26N4O2/c1-3-6-15-13(19)16-12(18)9-17-7-4-5-10(2)11(17)8-14/h10-11H,3-9,14H2,1-2H3,(H2,15,16,18,19).